The van der Waals surface area contributed by atoms with Gasteiger partial charge in [0, 0.05) is 26.7 Å². The number of hydrogen-bond donors (Lipinski definition) is 2. The van der Waals surface area contributed by atoms with Crippen molar-refractivity contribution in [2.45, 2.75) is 51.0 Å². The molecule has 10 nitrogen and oxygen atoms in total. The molecule has 0 aliphatic heterocycles. The molecule has 4 bridgehead atoms. The summed E-state index contributed by atoms with van der Waals surface area (Å²) in [4.78, 5) is 63.0. The molecule has 6 rings (SSSR count). The van der Waals surface area contributed by atoms with E-state index in [2.05, 4.69) is 5.32 Å². The molecule has 1 aromatic carbocycles. The van der Waals surface area contributed by atoms with Gasteiger partial charge in [0.25, 0.3) is 5.56 Å². The number of rotatable bonds is 7. The minimum atomic E-state index is -1.14. The Morgan fingerprint density at radius 3 is 2.24 bits per heavy atom. The zero-order valence-electron chi connectivity index (χ0n) is 21.9. The highest BCUT2D eigenvalue weighted by Crippen LogP contribution is 2.65. The van der Waals surface area contributed by atoms with Crippen molar-refractivity contribution in [2.24, 2.45) is 36.8 Å². The molecule has 3 atom stereocenters. The predicted molar refractivity (Wildman–Crippen MR) is 137 cm³/mol. The van der Waals surface area contributed by atoms with E-state index in [1.807, 2.05) is 0 Å². The second-order valence-corrected chi connectivity index (χ2v) is 11.6. The molecule has 0 radical (unpaired) electrons. The summed E-state index contributed by atoms with van der Waals surface area (Å²) in [5.41, 5.74) is -0.612. The molecule has 2 aromatic rings. The average Bonchev–Trinajstić information content (AvgIpc) is 2.88. The van der Waals surface area contributed by atoms with Crippen molar-refractivity contribution in [3.63, 3.8) is 0 Å². The number of carbonyl (C=O) groups excluding carboxylic acids is 2. The second-order valence-electron chi connectivity index (χ2n) is 11.6. The summed E-state index contributed by atoms with van der Waals surface area (Å²) in [6, 6.07) is 5.71. The predicted octanol–water partition coefficient (Wildman–Crippen LogP) is 1.62. The van der Waals surface area contributed by atoms with Gasteiger partial charge >= 0.3 is 17.6 Å². The third-order valence-corrected chi connectivity index (χ3v) is 8.92. The zero-order valence-corrected chi connectivity index (χ0v) is 21.9. The third-order valence-electron chi connectivity index (χ3n) is 8.92. The first-order valence-electron chi connectivity index (χ1n) is 13.0. The Labute approximate surface area is 219 Å². The van der Waals surface area contributed by atoms with Crippen LogP contribution in [0.4, 0.5) is 0 Å². The van der Waals surface area contributed by atoms with Crippen LogP contribution in [0.15, 0.2) is 40.1 Å². The number of aliphatic carboxylic acids is 1. The van der Waals surface area contributed by atoms with E-state index >= 15 is 0 Å². The van der Waals surface area contributed by atoms with Crippen molar-refractivity contribution in [3.05, 3.63) is 56.9 Å². The van der Waals surface area contributed by atoms with Gasteiger partial charge in [-0.1, -0.05) is 24.3 Å². The monoisotopic (exact) mass is 523 g/mol. The van der Waals surface area contributed by atoms with Crippen LogP contribution < -0.4 is 16.6 Å². The van der Waals surface area contributed by atoms with E-state index in [1.165, 1.54) is 24.9 Å². The van der Waals surface area contributed by atoms with Crippen molar-refractivity contribution in [3.8, 4) is 11.1 Å². The molecule has 2 N–H and O–H groups in total. The molecule has 4 aliphatic rings. The molecule has 10 heteroatoms. The fraction of sp³-hybridized carbons (Fsp3) is 0.536. The Hall–Kier alpha value is -3.69. The van der Waals surface area contributed by atoms with E-state index < -0.39 is 34.1 Å². The van der Waals surface area contributed by atoms with Crippen molar-refractivity contribution >= 4 is 17.8 Å². The highest BCUT2D eigenvalue weighted by molar-refractivity contribution is 5.89. The van der Waals surface area contributed by atoms with Crippen LogP contribution in [0.1, 0.15) is 44.1 Å². The maximum absolute atomic E-state index is 13.6. The van der Waals surface area contributed by atoms with Crippen molar-refractivity contribution in [2.75, 3.05) is 7.11 Å². The van der Waals surface area contributed by atoms with Crippen molar-refractivity contribution < 1.29 is 24.2 Å². The highest BCUT2D eigenvalue weighted by atomic mass is 16.5. The van der Waals surface area contributed by atoms with Gasteiger partial charge in [-0.25, -0.2) is 9.59 Å². The minimum absolute atomic E-state index is 0.0672. The van der Waals surface area contributed by atoms with E-state index in [1.54, 1.807) is 31.3 Å². The highest BCUT2D eigenvalue weighted by Gasteiger charge is 2.63. The molecular weight excluding hydrogens is 490 g/mol. The number of nitrogens with one attached hydrogen (secondary N) is 1. The Morgan fingerprint density at radius 2 is 1.66 bits per heavy atom. The van der Waals surface area contributed by atoms with E-state index in [0.717, 1.165) is 23.8 Å². The Balaban J connectivity index is 1.34. The summed E-state index contributed by atoms with van der Waals surface area (Å²) in [6.45, 7) is 0. The lowest BCUT2D eigenvalue weighted by Gasteiger charge is -2.59. The summed E-state index contributed by atoms with van der Waals surface area (Å²) in [5.74, 6) is -1.16. The van der Waals surface area contributed by atoms with Crippen LogP contribution in [0, 0.1) is 22.7 Å². The van der Waals surface area contributed by atoms with Gasteiger partial charge in [0.15, 0.2) is 0 Å². The van der Waals surface area contributed by atoms with Gasteiger partial charge in [-0.3, -0.25) is 19.0 Å². The molecule has 4 aliphatic carbocycles. The molecule has 1 heterocycles. The van der Waals surface area contributed by atoms with Crippen LogP contribution in [0.3, 0.4) is 0 Å². The molecule has 0 spiro atoms. The normalized spacial score (nSPS) is 28.1. The summed E-state index contributed by atoms with van der Waals surface area (Å²) in [7, 11) is 4.37. The lowest BCUT2D eigenvalue weighted by atomic mass is 9.44. The molecule has 1 amide bonds. The van der Waals surface area contributed by atoms with Gasteiger partial charge in [-0.15, -0.1) is 0 Å². The van der Waals surface area contributed by atoms with Crippen LogP contribution in [0.5, 0.6) is 0 Å². The Morgan fingerprint density at radius 1 is 1.05 bits per heavy atom. The number of ether oxygens (including phenoxy) is 1. The van der Waals surface area contributed by atoms with Crippen LogP contribution >= 0.6 is 0 Å². The summed E-state index contributed by atoms with van der Waals surface area (Å²) in [5, 5.41) is 12.7. The number of hydrogen-bond acceptors (Lipinski definition) is 6. The van der Waals surface area contributed by atoms with Crippen molar-refractivity contribution in [1.82, 2.24) is 14.5 Å². The molecular formula is C28H33N3O7. The van der Waals surface area contributed by atoms with E-state index in [-0.39, 0.29) is 30.1 Å². The van der Waals surface area contributed by atoms with Crippen LogP contribution in [0.25, 0.3) is 11.1 Å². The number of amides is 1. The topological polar surface area (TPSA) is 137 Å². The first-order chi connectivity index (χ1) is 18.0. The largest absolute Gasteiger partial charge is 0.480 e. The van der Waals surface area contributed by atoms with E-state index in [0.29, 0.717) is 36.0 Å². The average molecular weight is 524 g/mol. The zero-order chi connectivity index (χ0) is 27.4. The number of benzene rings is 1. The van der Waals surface area contributed by atoms with Gasteiger partial charge < -0.3 is 19.7 Å². The number of methoxy groups -OCH3 is 1. The van der Waals surface area contributed by atoms with E-state index in [4.69, 9.17) is 4.74 Å². The van der Waals surface area contributed by atoms with Gasteiger partial charge in [0.1, 0.15) is 6.04 Å². The number of aromatic nitrogens is 2. The van der Waals surface area contributed by atoms with Crippen molar-refractivity contribution in [1.29, 1.82) is 0 Å². The number of esters is 1. The standard InChI is InChI=1S/C28H33N3O7/c1-30-14-20(22(32)31(2)26(30)37)19-6-4-16(5-7-19)9-21(23(33)34)29-24(35)27-10-17-8-18(11-27)13-28(12-17,15-27)25(36)38-3/h4-7,14,17-18,21H,8-13,15H2,1-3H3,(H,29,35)(H,33,34)/t17?,18?,21-,27?,28?/m0/s1. The fourth-order valence-electron chi connectivity index (χ4n) is 7.56. The summed E-state index contributed by atoms with van der Waals surface area (Å²) in [6.07, 6.45) is 5.76. The molecule has 4 fully saturated rings. The summed E-state index contributed by atoms with van der Waals surface area (Å²) < 4.78 is 7.49. The Bertz CT molecular complexity index is 1410. The lowest BCUT2D eigenvalue weighted by Crippen LogP contribution is -2.61. The summed E-state index contributed by atoms with van der Waals surface area (Å²) >= 11 is 0. The molecule has 1 aromatic heterocycles. The van der Waals surface area contributed by atoms with Gasteiger partial charge in [-0.2, -0.15) is 0 Å². The molecule has 38 heavy (non-hydrogen) atoms. The molecule has 202 valence electrons. The van der Waals surface area contributed by atoms with Gasteiger partial charge in [0.2, 0.25) is 5.91 Å². The molecule has 4 saturated carbocycles. The number of nitrogens with zero attached hydrogens (tertiary/aromatic N) is 2. The fourth-order valence-corrected chi connectivity index (χ4v) is 7.56. The number of carboxylic acids is 1. The second kappa shape index (κ2) is 9.25. The number of carboxylic acid groups (broad SMARTS) is 1. The third kappa shape index (κ3) is 4.25. The van der Waals surface area contributed by atoms with Crippen LogP contribution in [0.2, 0.25) is 0 Å². The number of aryl methyl sites for hydroxylation is 1. The Kier molecular flexibility index (Phi) is 6.31. The van der Waals surface area contributed by atoms with E-state index in [9.17, 15) is 29.1 Å². The smallest absolute Gasteiger partial charge is 0.330 e. The minimum Gasteiger partial charge on any atom is -0.480 e. The maximum atomic E-state index is 13.6. The maximum Gasteiger partial charge on any atom is 0.330 e. The van der Waals surface area contributed by atoms with Gasteiger partial charge in [-0.05, 0) is 61.5 Å². The SMILES string of the molecule is COC(=O)C12CC3CC(CC(C(=O)N[C@@H](Cc4ccc(-c5cn(C)c(=O)n(C)c5=O)cc4)C(=O)O)(C3)C1)C2. The van der Waals surface area contributed by atoms with Crippen LogP contribution in [-0.2, 0) is 39.6 Å². The quantitative estimate of drug-likeness (QED) is 0.526. The first-order valence-corrected chi connectivity index (χ1v) is 13.0. The molecule has 0 saturated heterocycles. The first kappa shape index (κ1) is 25.9. The van der Waals surface area contributed by atoms with Crippen LogP contribution in [-0.4, -0.2) is 45.2 Å². The molecule has 2 unspecified atom stereocenters. The lowest BCUT2D eigenvalue weighted by molar-refractivity contribution is -0.182. The number of carbonyl (C=O) groups is 3. The van der Waals surface area contributed by atoms with Gasteiger partial charge in [0.05, 0.1) is 23.5 Å².